The number of fused-ring (bicyclic) bond motifs is 1. The van der Waals surface area contributed by atoms with Gasteiger partial charge in [-0.25, -0.2) is 0 Å². The number of nitrogens with one attached hydrogen (secondary N) is 1. The fourth-order valence-corrected chi connectivity index (χ4v) is 3.15. The van der Waals surface area contributed by atoms with Gasteiger partial charge in [-0.2, -0.15) is 0 Å². The lowest BCUT2D eigenvalue weighted by Gasteiger charge is -2.18. The van der Waals surface area contributed by atoms with Crippen LogP contribution in [0.4, 0.5) is 0 Å². The highest BCUT2D eigenvalue weighted by Gasteiger charge is 2.15. The number of hydrogen-bond acceptors (Lipinski definition) is 3. The van der Waals surface area contributed by atoms with Crippen molar-refractivity contribution in [1.29, 1.82) is 0 Å². The van der Waals surface area contributed by atoms with Crippen molar-refractivity contribution in [1.82, 2.24) is 10.3 Å². The maximum atomic E-state index is 4.22. The zero-order valence-corrected chi connectivity index (χ0v) is 12.4. The lowest BCUT2D eigenvalue weighted by atomic mass is 10.0. The Balaban J connectivity index is 1.99. The first-order valence-electron chi connectivity index (χ1n) is 6.99. The molecule has 3 aromatic rings. The van der Waals surface area contributed by atoms with Gasteiger partial charge >= 0.3 is 0 Å². The molecule has 1 aromatic heterocycles. The summed E-state index contributed by atoms with van der Waals surface area (Å²) in [4.78, 5) is 5.49. The lowest BCUT2D eigenvalue weighted by Crippen LogP contribution is -2.22. The second kappa shape index (κ2) is 6.16. The molecule has 0 spiro atoms. The van der Waals surface area contributed by atoms with Gasteiger partial charge in [-0.05, 0) is 35.4 Å². The molecule has 3 rings (SSSR count). The molecule has 0 saturated heterocycles. The molecule has 1 unspecified atom stereocenters. The first-order chi connectivity index (χ1) is 9.88. The van der Waals surface area contributed by atoms with Gasteiger partial charge in [-0.3, -0.25) is 4.98 Å². The zero-order valence-electron chi connectivity index (χ0n) is 11.5. The van der Waals surface area contributed by atoms with Crippen LogP contribution in [0.3, 0.4) is 0 Å². The Kier molecular flexibility index (Phi) is 4.09. The Bertz CT molecular complexity index is 676. The number of rotatable bonds is 5. The van der Waals surface area contributed by atoms with Crippen molar-refractivity contribution < 1.29 is 0 Å². The summed E-state index contributed by atoms with van der Waals surface area (Å²) in [5.74, 6) is 0. The van der Waals surface area contributed by atoms with Crippen LogP contribution in [-0.2, 0) is 0 Å². The van der Waals surface area contributed by atoms with Crippen LogP contribution in [0.15, 0.2) is 54.2 Å². The second-order valence-corrected chi connectivity index (χ2v) is 5.82. The van der Waals surface area contributed by atoms with Crippen LogP contribution in [0.2, 0.25) is 0 Å². The predicted octanol–water partition coefficient (Wildman–Crippen LogP) is 4.39. The van der Waals surface area contributed by atoms with Crippen LogP contribution in [0.25, 0.3) is 10.8 Å². The summed E-state index contributed by atoms with van der Waals surface area (Å²) < 4.78 is 0. The van der Waals surface area contributed by atoms with Gasteiger partial charge in [0.1, 0.15) is 0 Å². The smallest absolute Gasteiger partial charge is 0.0794 e. The molecule has 20 heavy (non-hydrogen) atoms. The van der Waals surface area contributed by atoms with Crippen molar-refractivity contribution in [3.05, 3.63) is 64.6 Å². The van der Waals surface area contributed by atoms with Crippen molar-refractivity contribution in [3.63, 3.8) is 0 Å². The highest BCUT2D eigenvalue weighted by Crippen LogP contribution is 2.27. The number of hydrogen-bond donors (Lipinski definition) is 1. The third-order valence-electron chi connectivity index (χ3n) is 3.44. The Labute approximate surface area is 123 Å². The normalized spacial score (nSPS) is 12.7. The largest absolute Gasteiger partial charge is 0.306 e. The van der Waals surface area contributed by atoms with Crippen molar-refractivity contribution >= 4 is 22.1 Å². The Morgan fingerprint density at radius 2 is 2.00 bits per heavy atom. The molecule has 102 valence electrons. The summed E-state index contributed by atoms with van der Waals surface area (Å²) in [5, 5.41) is 6.20. The van der Waals surface area contributed by atoms with Crippen molar-refractivity contribution in [2.45, 2.75) is 19.4 Å². The maximum Gasteiger partial charge on any atom is 0.0794 e. The molecule has 1 heterocycles. The van der Waals surface area contributed by atoms with E-state index in [4.69, 9.17) is 0 Å². The standard InChI is InChI=1S/C17H18N2S/c1-2-9-19-17(16-11-18-12-20-16)15-8-7-13-5-3-4-6-14(13)10-15/h3-8,10-12,17,19H,2,9H2,1H3. The fraction of sp³-hybridized carbons (Fsp3) is 0.235. The minimum absolute atomic E-state index is 0.243. The molecule has 0 aliphatic heterocycles. The summed E-state index contributed by atoms with van der Waals surface area (Å²) >= 11 is 1.71. The summed E-state index contributed by atoms with van der Waals surface area (Å²) in [7, 11) is 0. The monoisotopic (exact) mass is 282 g/mol. The molecule has 0 aliphatic carbocycles. The van der Waals surface area contributed by atoms with E-state index in [0.717, 1.165) is 13.0 Å². The summed E-state index contributed by atoms with van der Waals surface area (Å²) in [6.45, 7) is 3.20. The average molecular weight is 282 g/mol. The van der Waals surface area contributed by atoms with Gasteiger partial charge in [0.05, 0.1) is 11.6 Å². The fourth-order valence-electron chi connectivity index (χ4n) is 2.43. The van der Waals surface area contributed by atoms with Gasteiger partial charge in [0.2, 0.25) is 0 Å². The SMILES string of the molecule is CCCNC(c1ccc2ccccc2c1)c1cncs1. The zero-order chi connectivity index (χ0) is 13.8. The van der Waals surface area contributed by atoms with E-state index in [0.29, 0.717) is 0 Å². The van der Waals surface area contributed by atoms with Gasteiger partial charge in [0.25, 0.3) is 0 Å². The maximum absolute atomic E-state index is 4.22. The molecule has 1 atom stereocenters. The molecular formula is C17H18N2S. The van der Waals surface area contributed by atoms with E-state index in [9.17, 15) is 0 Å². The van der Waals surface area contributed by atoms with E-state index in [1.54, 1.807) is 11.3 Å². The third kappa shape index (κ3) is 2.74. The molecule has 2 aromatic carbocycles. The molecule has 0 bridgehead atoms. The van der Waals surface area contributed by atoms with Gasteiger partial charge < -0.3 is 5.32 Å². The van der Waals surface area contributed by atoms with E-state index < -0.39 is 0 Å². The van der Waals surface area contributed by atoms with Gasteiger partial charge in [0.15, 0.2) is 0 Å². The Morgan fingerprint density at radius 1 is 1.15 bits per heavy atom. The minimum atomic E-state index is 0.243. The molecule has 0 fully saturated rings. The van der Waals surface area contributed by atoms with Crippen LogP contribution in [0, 0.1) is 0 Å². The quantitative estimate of drug-likeness (QED) is 0.751. The summed E-state index contributed by atoms with van der Waals surface area (Å²) in [6.07, 6.45) is 3.09. The van der Waals surface area contributed by atoms with E-state index in [1.807, 2.05) is 11.7 Å². The first-order valence-corrected chi connectivity index (χ1v) is 7.87. The lowest BCUT2D eigenvalue weighted by molar-refractivity contribution is 0.605. The van der Waals surface area contributed by atoms with Crippen LogP contribution in [-0.4, -0.2) is 11.5 Å². The van der Waals surface area contributed by atoms with Gasteiger partial charge in [-0.1, -0.05) is 43.3 Å². The topological polar surface area (TPSA) is 24.9 Å². The van der Waals surface area contributed by atoms with E-state index in [-0.39, 0.29) is 6.04 Å². The highest BCUT2D eigenvalue weighted by molar-refractivity contribution is 7.09. The molecule has 0 saturated carbocycles. The average Bonchev–Trinajstić information content (AvgIpc) is 3.02. The minimum Gasteiger partial charge on any atom is -0.306 e. The first kappa shape index (κ1) is 13.3. The van der Waals surface area contributed by atoms with Gasteiger partial charge in [-0.15, -0.1) is 11.3 Å². The van der Waals surface area contributed by atoms with Crippen LogP contribution in [0.5, 0.6) is 0 Å². The predicted molar refractivity (Wildman–Crippen MR) is 86.2 cm³/mol. The summed E-state index contributed by atoms with van der Waals surface area (Å²) in [6, 6.07) is 15.4. The molecule has 0 amide bonds. The second-order valence-electron chi connectivity index (χ2n) is 4.90. The number of benzene rings is 2. The molecule has 0 aliphatic rings. The molecular weight excluding hydrogens is 264 g/mol. The molecule has 3 heteroatoms. The summed E-state index contributed by atoms with van der Waals surface area (Å²) in [5.41, 5.74) is 3.21. The van der Waals surface area contributed by atoms with E-state index in [2.05, 4.69) is 59.7 Å². The van der Waals surface area contributed by atoms with E-state index >= 15 is 0 Å². The highest BCUT2D eigenvalue weighted by atomic mass is 32.1. The van der Waals surface area contributed by atoms with Crippen LogP contribution < -0.4 is 5.32 Å². The molecule has 1 N–H and O–H groups in total. The number of aromatic nitrogens is 1. The van der Waals surface area contributed by atoms with Crippen molar-refractivity contribution in [3.8, 4) is 0 Å². The van der Waals surface area contributed by atoms with Gasteiger partial charge in [0, 0.05) is 11.1 Å². The third-order valence-corrected chi connectivity index (χ3v) is 4.28. The molecule has 2 nitrogen and oxygen atoms in total. The Morgan fingerprint density at radius 3 is 2.75 bits per heavy atom. The van der Waals surface area contributed by atoms with Crippen molar-refractivity contribution in [2.24, 2.45) is 0 Å². The number of nitrogens with zero attached hydrogens (tertiary/aromatic N) is 1. The Hall–Kier alpha value is -1.71. The van der Waals surface area contributed by atoms with E-state index in [1.165, 1.54) is 21.2 Å². The molecule has 0 radical (unpaired) electrons. The van der Waals surface area contributed by atoms with Crippen molar-refractivity contribution in [2.75, 3.05) is 6.54 Å². The number of thiazole rings is 1. The van der Waals surface area contributed by atoms with Crippen LogP contribution in [0.1, 0.15) is 29.8 Å². The van der Waals surface area contributed by atoms with Crippen LogP contribution >= 0.6 is 11.3 Å².